The van der Waals surface area contributed by atoms with E-state index in [1.54, 1.807) is 30.5 Å². The number of amides is 2. The monoisotopic (exact) mass is 522 g/mol. The predicted molar refractivity (Wildman–Crippen MR) is 138 cm³/mol. The van der Waals surface area contributed by atoms with Crippen molar-refractivity contribution in [2.45, 2.75) is 12.7 Å². The van der Waals surface area contributed by atoms with Crippen LogP contribution in [0.5, 0.6) is 11.5 Å². The molecule has 0 saturated carbocycles. The van der Waals surface area contributed by atoms with Crippen molar-refractivity contribution in [2.75, 3.05) is 36.8 Å². The minimum absolute atomic E-state index is 0.0350. The first-order valence-electron chi connectivity index (χ1n) is 12.0. The van der Waals surface area contributed by atoms with E-state index in [2.05, 4.69) is 25.8 Å². The number of aromatic nitrogens is 2. The van der Waals surface area contributed by atoms with E-state index >= 15 is 0 Å². The third-order valence-electron chi connectivity index (χ3n) is 5.95. The summed E-state index contributed by atoms with van der Waals surface area (Å²) in [6.45, 7) is 4.62. The Labute approximate surface area is 216 Å². The summed E-state index contributed by atoms with van der Waals surface area (Å²) < 4.78 is 44.6. The van der Waals surface area contributed by atoms with Crippen LogP contribution in [0.15, 0.2) is 72.9 Å². The average Bonchev–Trinajstić information content (AvgIpc) is 2.90. The van der Waals surface area contributed by atoms with Gasteiger partial charge in [-0.1, -0.05) is 6.07 Å². The second-order valence-corrected chi connectivity index (χ2v) is 8.82. The Morgan fingerprint density at radius 1 is 0.921 bits per heavy atom. The fourth-order valence-corrected chi connectivity index (χ4v) is 4.08. The van der Waals surface area contributed by atoms with Gasteiger partial charge in [-0.05, 0) is 54.6 Å². The largest absolute Gasteiger partial charge is 0.457 e. The molecule has 196 valence electrons. The number of anilines is 2. The maximum Gasteiger partial charge on any atom is 0.416 e. The van der Waals surface area contributed by atoms with Crippen LogP contribution in [0.3, 0.4) is 0 Å². The van der Waals surface area contributed by atoms with Crippen LogP contribution in [0.1, 0.15) is 11.3 Å². The highest BCUT2D eigenvalue weighted by molar-refractivity contribution is 5.99. The van der Waals surface area contributed by atoms with E-state index in [1.165, 1.54) is 12.1 Å². The number of rotatable bonds is 6. The zero-order chi connectivity index (χ0) is 26.5. The van der Waals surface area contributed by atoms with Crippen LogP contribution >= 0.6 is 0 Å². The molecule has 3 aromatic carbocycles. The van der Waals surface area contributed by atoms with Gasteiger partial charge < -0.3 is 20.7 Å². The van der Waals surface area contributed by atoms with Gasteiger partial charge in [0.2, 0.25) is 0 Å². The zero-order valence-corrected chi connectivity index (χ0v) is 20.3. The normalized spacial score (nSPS) is 14.3. The first-order chi connectivity index (χ1) is 18.3. The number of piperazine rings is 1. The molecule has 5 rings (SSSR count). The summed E-state index contributed by atoms with van der Waals surface area (Å²) in [6, 6.07) is 15.9. The number of fused-ring (bicyclic) bond motifs is 1. The highest BCUT2D eigenvalue weighted by atomic mass is 19.4. The number of nitrogens with one attached hydrogen (secondary N) is 3. The van der Waals surface area contributed by atoms with E-state index in [4.69, 9.17) is 9.72 Å². The fraction of sp³-hybridized carbons (Fsp3) is 0.222. The Bertz CT molecular complexity index is 1420. The number of carbonyl (C=O) groups excluding carboxylic acids is 1. The Hall–Kier alpha value is -4.22. The maximum atomic E-state index is 12.9. The lowest BCUT2D eigenvalue weighted by molar-refractivity contribution is -0.137. The molecule has 1 aliphatic heterocycles. The van der Waals surface area contributed by atoms with Gasteiger partial charge in [0.05, 0.1) is 28.5 Å². The van der Waals surface area contributed by atoms with E-state index in [1.807, 2.05) is 18.2 Å². The van der Waals surface area contributed by atoms with Gasteiger partial charge in [0.15, 0.2) is 0 Å². The molecule has 0 spiro atoms. The smallest absolute Gasteiger partial charge is 0.416 e. The topological polar surface area (TPSA) is 91.4 Å². The van der Waals surface area contributed by atoms with Gasteiger partial charge in [0.25, 0.3) is 0 Å². The molecule has 1 aliphatic rings. The van der Waals surface area contributed by atoms with Gasteiger partial charge >= 0.3 is 12.2 Å². The average molecular weight is 523 g/mol. The molecule has 1 fully saturated rings. The summed E-state index contributed by atoms with van der Waals surface area (Å²) in [4.78, 5) is 23.8. The highest BCUT2D eigenvalue weighted by Gasteiger charge is 2.30. The molecule has 4 aromatic rings. The van der Waals surface area contributed by atoms with E-state index < -0.39 is 17.8 Å². The lowest BCUT2D eigenvalue weighted by Gasteiger charge is -2.26. The maximum absolute atomic E-state index is 12.9. The molecule has 3 N–H and O–H groups in total. The fourth-order valence-electron chi connectivity index (χ4n) is 4.08. The van der Waals surface area contributed by atoms with E-state index in [-0.39, 0.29) is 5.69 Å². The summed E-state index contributed by atoms with van der Waals surface area (Å²) in [5.41, 5.74) is 2.05. The van der Waals surface area contributed by atoms with Crippen molar-refractivity contribution in [1.82, 2.24) is 20.2 Å². The zero-order valence-electron chi connectivity index (χ0n) is 20.3. The van der Waals surface area contributed by atoms with Crippen LogP contribution in [0, 0.1) is 0 Å². The number of nitrogens with zero attached hydrogens (tertiary/aromatic N) is 3. The number of carbonyl (C=O) groups is 1. The first-order valence-corrected chi connectivity index (χ1v) is 12.0. The Kier molecular flexibility index (Phi) is 7.38. The predicted octanol–water partition coefficient (Wildman–Crippen LogP) is 5.49. The summed E-state index contributed by atoms with van der Waals surface area (Å²) in [5.74, 6) is 1.13. The SMILES string of the molecule is O=C(Nc1ccc(Oc2ccc3ncc(CN4CCNCC4)nc3c2)cc1)Nc1cccc(C(F)(F)F)c1. The molecule has 2 amide bonds. The third kappa shape index (κ3) is 6.55. The Morgan fingerprint density at radius 2 is 1.66 bits per heavy atom. The second-order valence-electron chi connectivity index (χ2n) is 8.82. The lowest BCUT2D eigenvalue weighted by atomic mass is 10.2. The van der Waals surface area contributed by atoms with Gasteiger partial charge in [-0.3, -0.25) is 9.88 Å². The Morgan fingerprint density at radius 3 is 2.42 bits per heavy atom. The van der Waals surface area contributed by atoms with Crippen LogP contribution < -0.4 is 20.7 Å². The minimum Gasteiger partial charge on any atom is -0.457 e. The molecule has 0 atom stereocenters. The molecule has 1 saturated heterocycles. The van der Waals surface area contributed by atoms with E-state index in [9.17, 15) is 18.0 Å². The lowest BCUT2D eigenvalue weighted by Crippen LogP contribution is -2.43. The van der Waals surface area contributed by atoms with Crippen LogP contribution in [0.25, 0.3) is 11.0 Å². The molecule has 0 unspecified atom stereocenters. The van der Waals surface area contributed by atoms with Gasteiger partial charge in [0.1, 0.15) is 11.5 Å². The quantitative estimate of drug-likeness (QED) is 0.310. The van der Waals surface area contributed by atoms with E-state index in [0.717, 1.165) is 61.6 Å². The van der Waals surface area contributed by atoms with Gasteiger partial charge in [-0.15, -0.1) is 0 Å². The molecule has 0 radical (unpaired) electrons. The minimum atomic E-state index is -4.49. The summed E-state index contributed by atoms with van der Waals surface area (Å²) in [7, 11) is 0. The molecule has 1 aromatic heterocycles. The van der Waals surface area contributed by atoms with Crippen molar-refractivity contribution in [2.24, 2.45) is 0 Å². The highest BCUT2D eigenvalue weighted by Crippen LogP contribution is 2.31. The summed E-state index contributed by atoms with van der Waals surface area (Å²) in [5, 5.41) is 8.33. The Balaban J connectivity index is 1.20. The molecule has 11 heteroatoms. The number of benzene rings is 3. The van der Waals surface area contributed by atoms with Crippen LogP contribution in [0.4, 0.5) is 29.3 Å². The number of halogens is 3. The van der Waals surface area contributed by atoms with Gasteiger partial charge in [-0.2, -0.15) is 13.2 Å². The van der Waals surface area contributed by atoms with Crippen molar-refractivity contribution >= 4 is 28.4 Å². The first kappa shape index (κ1) is 25.4. The van der Waals surface area contributed by atoms with Crippen molar-refractivity contribution < 1.29 is 22.7 Å². The van der Waals surface area contributed by atoms with E-state index in [0.29, 0.717) is 17.2 Å². The second kappa shape index (κ2) is 11.0. The van der Waals surface area contributed by atoms with Crippen LogP contribution in [0.2, 0.25) is 0 Å². The molecule has 0 aliphatic carbocycles. The van der Waals surface area contributed by atoms with Crippen molar-refractivity contribution in [3.8, 4) is 11.5 Å². The van der Waals surface area contributed by atoms with Crippen LogP contribution in [-0.2, 0) is 12.7 Å². The number of ether oxygens (including phenoxy) is 1. The van der Waals surface area contributed by atoms with Crippen molar-refractivity contribution in [3.05, 3.63) is 84.2 Å². The van der Waals surface area contributed by atoms with Gasteiger partial charge in [-0.25, -0.2) is 9.78 Å². The van der Waals surface area contributed by atoms with Crippen molar-refractivity contribution in [3.63, 3.8) is 0 Å². The molecule has 8 nitrogen and oxygen atoms in total. The molecule has 0 bridgehead atoms. The number of hydrogen-bond acceptors (Lipinski definition) is 6. The standard InChI is InChI=1S/C27H25F3N6O2/c28-27(29,30)18-2-1-3-20(14-18)35-26(37)34-19-4-6-22(7-5-19)38-23-8-9-24-25(15-23)33-21(16-32-24)17-36-12-10-31-11-13-36/h1-9,14-16,31H,10-13,17H2,(H2,34,35,37). The van der Waals surface area contributed by atoms with Crippen molar-refractivity contribution in [1.29, 1.82) is 0 Å². The number of hydrogen-bond donors (Lipinski definition) is 3. The number of urea groups is 1. The summed E-state index contributed by atoms with van der Waals surface area (Å²) in [6.07, 6.45) is -2.69. The number of alkyl halides is 3. The molecule has 38 heavy (non-hydrogen) atoms. The molecular formula is C27H25F3N6O2. The molecule has 2 heterocycles. The van der Waals surface area contributed by atoms with Gasteiger partial charge in [0, 0.05) is 50.2 Å². The van der Waals surface area contributed by atoms with Crippen LogP contribution in [-0.4, -0.2) is 47.1 Å². The third-order valence-corrected chi connectivity index (χ3v) is 5.95. The summed E-state index contributed by atoms with van der Waals surface area (Å²) >= 11 is 0. The molecular weight excluding hydrogens is 497 g/mol.